The molecule has 2 unspecified atom stereocenters. The summed E-state index contributed by atoms with van der Waals surface area (Å²) >= 11 is 1.95. The SMILES string of the molecule is C=CCSCCNC(C)C1CCCN(C)C1. The molecular weight excluding hydrogens is 216 g/mol. The third-order valence-electron chi connectivity index (χ3n) is 3.32. The summed E-state index contributed by atoms with van der Waals surface area (Å²) in [4.78, 5) is 2.46. The van der Waals surface area contributed by atoms with Crippen LogP contribution in [0.5, 0.6) is 0 Å². The van der Waals surface area contributed by atoms with Crippen LogP contribution in [0.15, 0.2) is 12.7 Å². The fraction of sp³-hybridized carbons (Fsp3) is 0.846. The third-order valence-corrected chi connectivity index (χ3v) is 4.28. The number of hydrogen-bond acceptors (Lipinski definition) is 3. The molecule has 1 rings (SSSR count). The molecule has 0 aliphatic carbocycles. The van der Waals surface area contributed by atoms with E-state index in [1.54, 1.807) is 0 Å². The number of rotatable bonds is 7. The van der Waals surface area contributed by atoms with Crippen LogP contribution in [0, 0.1) is 5.92 Å². The van der Waals surface area contributed by atoms with E-state index in [1.807, 2.05) is 17.8 Å². The standard InChI is InChI=1S/C13H26N2S/c1-4-9-16-10-7-14-12(2)13-6-5-8-15(3)11-13/h4,12-14H,1,5-11H2,2-3H3. The van der Waals surface area contributed by atoms with Gasteiger partial charge >= 0.3 is 0 Å². The molecule has 0 spiro atoms. The highest BCUT2D eigenvalue weighted by atomic mass is 32.2. The van der Waals surface area contributed by atoms with E-state index in [2.05, 4.69) is 30.8 Å². The molecule has 1 saturated heterocycles. The van der Waals surface area contributed by atoms with Gasteiger partial charge in [-0.15, -0.1) is 6.58 Å². The van der Waals surface area contributed by atoms with Gasteiger partial charge in [0.05, 0.1) is 0 Å². The number of nitrogens with one attached hydrogen (secondary N) is 1. The lowest BCUT2D eigenvalue weighted by Crippen LogP contribution is -2.43. The molecule has 1 aliphatic rings. The molecule has 1 fully saturated rings. The first-order valence-electron chi connectivity index (χ1n) is 6.34. The van der Waals surface area contributed by atoms with Crippen LogP contribution in [0.4, 0.5) is 0 Å². The van der Waals surface area contributed by atoms with E-state index in [1.165, 1.54) is 31.7 Å². The van der Waals surface area contributed by atoms with Crippen molar-refractivity contribution in [1.29, 1.82) is 0 Å². The zero-order chi connectivity index (χ0) is 11.8. The van der Waals surface area contributed by atoms with Crippen molar-refractivity contribution in [2.75, 3.05) is 38.2 Å². The molecule has 0 saturated carbocycles. The zero-order valence-electron chi connectivity index (χ0n) is 10.7. The molecule has 94 valence electrons. The van der Waals surface area contributed by atoms with Gasteiger partial charge in [-0.1, -0.05) is 6.08 Å². The first-order chi connectivity index (χ1) is 7.74. The van der Waals surface area contributed by atoms with E-state index in [0.717, 1.165) is 18.2 Å². The van der Waals surface area contributed by atoms with Crippen molar-refractivity contribution in [3.05, 3.63) is 12.7 Å². The van der Waals surface area contributed by atoms with Gasteiger partial charge in [0.2, 0.25) is 0 Å². The summed E-state index contributed by atoms with van der Waals surface area (Å²) in [5.74, 6) is 3.10. The zero-order valence-corrected chi connectivity index (χ0v) is 11.6. The topological polar surface area (TPSA) is 15.3 Å². The van der Waals surface area contributed by atoms with Crippen molar-refractivity contribution in [1.82, 2.24) is 10.2 Å². The van der Waals surface area contributed by atoms with Gasteiger partial charge in [0, 0.05) is 30.6 Å². The van der Waals surface area contributed by atoms with E-state index >= 15 is 0 Å². The van der Waals surface area contributed by atoms with E-state index in [-0.39, 0.29) is 0 Å². The Balaban J connectivity index is 2.08. The van der Waals surface area contributed by atoms with Crippen LogP contribution in [-0.2, 0) is 0 Å². The minimum Gasteiger partial charge on any atom is -0.313 e. The van der Waals surface area contributed by atoms with Crippen molar-refractivity contribution < 1.29 is 0 Å². The van der Waals surface area contributed by atoms with E-state index in [0.29, 0.717) is 6.04 Å². The van der Waals surface area contributed by atoms with Gasteiger partial charge in [0.25, 0.3) is 0 Å². The van der Waals surface area contributed by atoms with Gasteiger partial charge in [0.15, 0.2) is 0 Å². The minimum absolute atomic E-state index is 0.659. The summed E-state index contributed by atoms with van der Waals surface area (Å²) in [6, 6.07) is 0.659. The number of nitrogens with zero attached hydrogens (tertiary/aromatic N) is 1. The van der Waals surface area contributed by atoms with Gasteiger partial charge in [-0.25, -0.2) is 0 Å². The Hall–Kier alpha value is 0.01000. The smallest absolute Gasteiger partial charge is 0.0111 e. The van der Waals surface area contributed by atoms with Crippen LogP contribution in [-0.4, -0.2) is 49.1 Å². The van der Waals surface area contributed by atoms with Crippen molar-refractivity contribution in [3.63, 3.8) is 0 Å². The first kappa shape index (κ1) is 14.1. The lowest BCUT2D eigenvalue weighted by atomic mass is 9.92. The molecule has 0 radical (unpaired) electrons. The van der Waals surface area contributed by atoms with Crippen molar-refractivity contribution >= 4 is 11.8 Å². The molecule has 0 aromatic carbocycles. The van der Waals surface area contributed by atoms with Crippen LogP contribution in [0.25, 0.3) is 0 Å². The molecule has 2 atom stereocenters. The lowest BCUT2D eigenvalue weighted by molar-refractivity contribution is 0.180. The van der Waals surface area contributed by atoms with E-state index in [9.17, 15) is 0 Å². The van der Waals surface area contributed by atoms with Gasteiger partial charge in [-0.2, -0.15) is 11.8 Å². The predicted molar refractivity (Wildman–Crippen MR) is 75.2 cm³/mol. The average molecular weight is 242 g/mol. The van der Waals surface area contributed by atoms with Gasteiger partial charge in [-0.05, 0) is 39.3 Å². The van der Waals surface area contributed by atoms with E-state index in [4.69, 9.17) is 0 Å². The molecular formula is C13H26N2S. The Morgan fingerprint density at radius 3 is 3.12 bits per heavy atom. The van der Waals surface area contributed by atoms with Crippen molar-refractivity contribution in [2.45, 2.75) is 25.8 Å². The van der Waals surface area contributed by atoms with Gasteiger partial charge in [0.1, 0.15) is 0 Å². The van der Waals surface area contributed by atoms with Crippen LogP contribution < -0.4 is 5.32 Å². The maximum Gasteiger partial charge on any atom is 0.0111 e. The van der Waals surface area contributed by atoms with Crippen molar-refractivity contribution in [3.8, 4) is 0 Å². The fourth-order valence-corrected chi connectivity index (χ4v) is 2.90. The van der Waals surface area contributed by atoms with Crippen LogP contribution >= 0.6 is 11.8 Å². The minimum atomic E-state index is 0.659. The highest BCUT2D eigenvalue weighted by Crippen LogP contribution is 2.18. The Kier molecular flexibility index (Phi) is 7.17. The molecule has 1 heterocycles. The maximum absolute atomic E-state index is 3.73. The second kappa shape index (κ2) is 8.15. The highest BCUT2D eigenvalue weighted by molar-refractivity contribution is 7.99. The fourth-order valence-electron chi connectivity index (χ4n) is 2.31. The predicted octanol–water partition coefficient (Wildman–Crippen LogP) is 2.23. The highest BCUT2D eigenvalue weighted by Gasteiger charge is 2.21. The van der Waals surface area contributed by atoms with Crippen LogP contribution in [0.1, 0.15) is 19.8 Å². The quantitative estimate of drug-likeness (QED) is 0.544. The molecule has 1 N–H and O–H groups in total. The van der Waals surface area contributed by atoms with Crippen LogP contribution in [0.2, 0.25) is 0 Å². The molecule has 0 bridgehead atoms. The monoisotopic (exact) mass is 242 g/mol. The Labute approximate surface area is 105 Å². The lowest BCUT2D eigenvalue weighted by Gasteiger charge is -2.34. The number of hydrogen-bond donors (Lipinski definition) is 1. The Morgan fingerprint density at radius 1 is 1.62 bits per heavy atom. The average Bonchev–Trinajstić information content (AvgIpc) is 2.28. The second-order valence-electron chi connectivity index (χ2n) is 4.77. The summed E-state index contributed by atoms with van der Waals surface area (Å²) < 4.78 is 0. The molecule has 16 heavy (non-hydrogen) atoms. The molecule has 0 aromatic heterocycles. The van der Waals surface area contributed by atoms with Gasteiger partial charge < -0.3 is 10.2 Å². The van der Waals surface area contributed by atoms with Gasteiger partial charge in [-0.3, -0.25) is 0 Å². The normalized spacial score (nSPS) is 24.2. The number of likely N-dealkylation sites (tertiary alicyclic amines) is 1. The number of thioether (sulfide) groups is 1. The second-order valence-corrected chi connectivity index (χ2v) is 5.92. The summed E-state index contributed by atoms with van der Waals surface area (Å²) in [6.45, 7) is 9.72. The Morgan fingerprint density at radius 2 is 2.44 bits per heavy atom. The summed E-state index contributed by atoms with van der Waals surface area (Å²) in [5.41, 5.74) is 0. The summed E-state index contributed by atoms with van der Waals surface area (Å²) in [7, 11) is 2.23. The van der Waals surface area contributed by atoms with E-state index < -0.39 is 0 Å². The largest absolute Gasteiger partial charge is 0.313 e. The Bertz CT molecular complexity index is 196. The number of piperidine rings is 1. The van der Waals surface area contributed by atoms with Crippen molar-refractivity contribution in [2.24, 2.45) is 5.92 Å². The van der Waals surface area contributed by atoms with Crippen LogP contribution in [0.3, 0.4) is 0 Å². The molecule has 3 heteroatoms. The molecule has 2 nitrogen and oxygen atoms in total. The first-order valence-corrected chi connectivity index (χ1v) is 7.50. The third kappa shape index (κ3) is 5.37. The molecule has 0 aromatic rings. The summed E-state index contributed by atoms with van der Waals surface area (Å²) in [5, 5.41) is 3.65. The molecule has 0 amide bonds. The summed E-state index contributed by atoms with van der Waals surface area (Å²) in [6.07, 6.45) is 4.72. The molecule has 1 aliphatic heterocycles. The maximum atomic E-state index is 3.73.